The van der Waals surface area contributed by atoms with E-state index < -0.39 is 10.5 Å². The fourth-order valence-electron chi connectivity index (χ4n) is 0.799. The van der Waals surface area contributed by atoms with Crippen molar-refractivity contribution in [2.75, 3.05) is 0 Å². The molecule has 0 aromatic rings. The lowest BCUT2D eigenvalue weighted by molar-refractivity contribution is -0.109. The highest BCUT2D eigenvalue weighted by molar-refractivity contribution is 6.69. The summed E-state index contributed by atoms with van der Waals surface area (Å²) < 4.78 is 0. The maximum absolute atomic E-state index is 10.5. The summed E-state index contributed by atoms with van der Waals surface area (Å²) in [5.41, 5.74) is 0.756. The van der Waals surface area contributed by atoms with Crippen LogP contribution in [-0.4, -0.2) is 10.5 Å². The van der Waals surface area contributed by atoms with Crippen molar-refractivity contribution >= 4 is 33.7 Å². The molecule has 0 saturated carbocycles. The zero-order valence-corrected chi connectivity index (χ0v) is 6.95. The van der Waals surface area contributed by atoms with Crippen molar-refractivity contribution in [2.45, 2.75) is 6.42 Å². The van der Waals surface area contributed by atoms with E-state index in [2.05, 4.69) is 0 Å². The van der Waals surface area contributed by atoms with Gasteiger partial charge in [-0.25, -0.2) is 0 Å². The third kappa shape index (κ3) is 1.91. The van der Waals surface area contributed by atoms with Crippen molar-refractivity contribution < 1.29 is 9.59 Å². The van der Waals surface area contributed by atoms with Gasteiger partial charge in [-0.1, -0.05) is 6.08 Å². The van der Waals surface area contributed by atoms with Crippen molar-refractivity contribution in [3.8, 4) is 0 Å². The first-order valence-electron chi connectivity index (χ1n) is 2.91. The highest BCUT2D eigenvalue weighted by atomic mass is 35.5. The number of halogens is 2. The van der Waals surface area contributed by atoms with E-state index in [0.29, 0.717) is 17.6 Å². The average molecular weight is 191 g/mol. The number of rotatable bonds is 2. The normalized spacial score (nSPS) is 15.8. The van der Waals surface area contributed by atoms with Crippen LogP contribution >= 0.6 is 23.2 Å². The van der Waals surface area contributed by atoms with Gasteiger partial charge in [-0.05, 0) is 35.7 Å². The largest absolute Gasteiger partial charge is 0.276 e. The van der Waals surface area contributed by atoms with Gasteiger partial charge in [0, 0.05) is 11.1 Å². The molecule has 1 rings (SSSR count). The molecule has 0 aromatic heterocycles. The molecule has 1 aliphatic carbocycles. The Morgan fingerprint density at radius 1 is 1.27 bits per heavy atom. The molecule has 58 valence electrons. The second kappa shape index (κ2) is 3.20. The second-order valence-electron chi connectivity index (χ2n) is 2.08. The summed E-state index contributed by atoms with van der Waals surface area (Å²) in [4.78, 5) is 21.0. The van der Waals surface area contributed by atoms with Crippen LogP contribution in [0.4, 0.5) is 0 Å². The van der Waals surface area contributed by atoms with Gasteiger partial charge in [0.15, 0.2) is 0 Å². The van der Waals surface area contributed by atoms with Gasteiger partial charge >= 0.3 is 0 Å². The van der Waals surface area contributed by atoms with Gasteiger partial charge in [0.25, 0.3) is 5.24 Å². The van der Waals surface area contributed by atoms with E-state index in [1.165, 1.54) is 6.08 Å². The topological polar surface area (TPSA) is 34.1 Å². The fourth-order valence-corrected chi connectivity index (χ4v) is 1.06. The maximum Gasteiger partial charge on any atom is 0.252 e. The van der Waals surface area contributed by atoms with Crippen molar-refractivity contribution in [3.63, 3.8) is 0 Å². The molecule has 0 aromatic carbocycles. The van der Waals surface area contributed by atoms with Gasteiger partial charge in [0.05, 0.1) is 0 Å². The summed E-state index contributed by atoms with van der Waals surface area (Å²) in [5, 5.41) is -1.09. The molecule has 0 spiro atoms. The van der Waals surface area contributed by atoms with Crippen LogP contribution in [0.25, 0.3) is 0 Å². The minimum Gasteiger partial charge on any atom is -0.276 e. The molecule has 4 heteroatoms. The second-order valence-corrected chi connectivity index (χ2v) is 2.77. The van der Waals surface area contributed by atoms with Crippen LogP contribution in [0.5, 0.6) is 0 Å². The van der Waals surface area contributed by atoms with Gasteiger partial charge in [0.1, 0.15) is 0 Å². The molecule has 0 amide bonds. The summed E-state index contributed by atoms with van der Waals surface area (Å²) in [6, 6.07) is 0. The number of carbonyl (C=O) groups excluding carboxylic acids is 2. The van der Waals surface area contributed by atoms with Gasteiger partial charge in [-0.2, -0.15) is 0 Å². The predicted octanol–water partition coefficient (Wildman–Crippen LogP) is 1.77. The zero-order valence-electron chi connectivity index (χ0n) is 5.43. The van der Waals surface area contributed by atoms with Crippen LogP contribution < -0.4 is 0 Å². The van der Waals surface area contributed by atoms with E-state index in [4.69, 9.17) is 23.2 Å². The molecular formula is C7H4Cl2O2. The first kappa shape index (κ1) is 8.50. The number of hydrogen-bond acceptors (Lipinski definition) is 2. The van der Waals surface area contributed by atoms with Gasteiger partial charge in [-0.15, -0.1) is 0 Å². The molecule has 0 bridgehead atoms. The van der Waals surface area contributed by atoms with Crippen LogP contribution in [0.15, 0.2) is 23.3 Å². The summed E-state index contributed by atoms with van der Waals surface area (Å²) in [7, 11) is 0. The molecule has 0 radical (unpaired) electrons. The first-order chi connectivity index (χ1) is 5.11. The Bertz CT molecular complexity index is 276. The Morgan fingerprint density at radius 3 is 2.18 bits per heavy atom. The smallest absolute Gasteiger partial charge is 0.252 e. The van der Waals surface area contributed by atoms with Gasteiger partial charge < -0.3 is 0 Å². The molecular weight excluding hydrogens is 187 g/mol. The van der Waals surface area contributed by atoms with Gasteiger partial charge in [0.2, 0.25) is 5.24 Å². The Balaban J connectivity index is 2.79. The van der Waals surface area contributed by atoms with Crippen molar-refractivity contribution in [1.29, 1.82) is 0 Å². The molecule has 0 fully saturated rings. The monoisotopic (exact) mass is 190 g/mol. The Hall–Kier alpha value is -0.600. The maximum atomic E-state index is 10.5. The van der Waals surface area contributed by atoms with Crippen LogP contribution in [-0.2, 0) is 9.59 Å². The highest BCUT2D eigenvalue weighted by Gasteiger charge is 2.15. The standard InChI is InChI=1S/C7H4Cl2O2/c8-6(10)4-1-2-5(3-4)7(9)11/h1,3H,2H2. The van der Waals surface area contributed by atoms with E-state index in [0.717, 1.165) is 0 Å². The molecule has 0 N–H and O–H groups in total. The van der Waals surface area contributed by atoms with E-state index in [1.54, 1.807) is 6.08 Å². The number of allylic oxidation sites excluding steroid dienone is 4. The zero-order chi connectivity index (χ0) is 8.43. The molecule has 0 saturated heterocycles. The molecule has 11 heavy (non-hydrogen) atoms. The Kier molecular flexibility index (Phi) is 2.47. The average Bonchev–Trinajstić information content (AvgIpc) is 2.33. The van der Waals surface area contributed by atoms with Crippen LogP contribution in [0.2, 0.25) is 0 Å². The van der Waals surface area contributed by atoms with Gasteiger partial charge in [-0.3, -0.25) is 9.59 Å². The number of hydrogen-bond donors (Lipinski definition) is 0. The first-order valence-corrected chi connectivity index (χ1v) is 3.67. The fraction of sp³-hybridized carbons (Fsp3) is 0.143. The van der Waals surface area contributed by atoms with E-state index >= 15 is 0 Å². The van der Waals surface area contributed by atoms with E-state index in [9.17, 15) is 9.59 Å². The van der Waals surface area contributed by atoms with E-state index in [-0.39, 0.29) is 0 Å². The minimum atomic E-state index is -0.557. The quantitative estimate of drug-likeness (QED) is 0.623. The Morgan fingerprint density at radius 2 is 1.91 bits per heavy atom. The van der Waals surface area contributed by atoms with Crippen LogP contribution in [0.1, 0.15) is 6.42 Å². The van der Waals surface area contributed by atoms with Crippen LogP contribution in [0.3, 0.4) is 0 Å². The Labute approximate surface area is 73.5 Å². The molecule has 1 aliphatic rings. The molecule has 0 unspecified atom stereocenters. The molecule has 0 heterocycles. The highest BCUT2D eigenvalue weighted by Crippen LogP contribution is 2.20. The van der Waals surface area contributed by atoms with E-state index in [1.807, 2.05) is 0 Å². The molecule has 2 nitrogen and oxygen atoms in total. The van der Waals surface area contributed by atoms with Crippen molar-refractivity contribution in [3.05, 3.63) is 23.3 Å². The summed E-state index contributed by atoms with van der Waals surface area (Å²) in [5.74, 6) is 0. The minimum absolute atomic E-state index is 0.343. The SMILES string of the molecule is O=C(Cl)C1=CCC(C(=O)Cl)=C1. The number of carbonyl (C=O) groups is 2. The predicted molar refractivity (Wildman–Crippen MR) is 42.5 cm³/mol. The summed E-state index contributed by atoms with van der Waals surface area (Å²) in [6.07, 6.45) is 3.38. The molecule has 0 aliphatic heterocycles. The lowest BCUT2D eigenvalue weighted by Crippen LogP contribution is -1.89. The molecule has 0 atom stereocenters. The van der Waals surface area contributed by atoms with Crippen molar-refractivity contribution in [1.82, 2.24) is 0 Å². The third-order valence-electron chi connectivity index (χ3n) is 1.35. The third-order valence-corrected chi connectivity index (χ3v) is 1.81. The van der Waals surface area contributed by atoms with Crippen LogP contribution in [0, 0.1) is 0 Å². The summed E-state index contributed by atoms with van der Waals surface area (Å²) >= 11 is 10.3. The lowest BCUT2D eigenvalue weighted by atomic mass is 10.3. The summed E-state index contributed by atoms with van der Waals surface area (Å²) in [6.45, 7) is 0. The lowest BCUT2D eigenvalue weighted by Gasteiger charge is -1.87. The van der Waals surface area contributed by atoms with Crippen molar-refractivity contribution in [2.24, 2.45) is 0 Å².